The molecule has 19 heavy (non-hydrogen) atoms. The Kier molecular flexibility index (Phi) is 4.07. The molecule has 1 aliphatic heterocycles. The van der Waals surface area contributed by atoms with E-state index in [2.05, 4.69) is 10.2 Å². The molecule has 3 N–H and O–H groups in total. The average Bonchev–Trinajstić information content (AvgIpc) is 2.34. The minimum Gasteiger partial charge on any atom is -0.398 e. The van der Waals surface area contributed by atoms with Crippen LogP contribution in [0.1, 0.15) is 11.1 Å². The van der Waals surface area contributed by atoms with Crippen molar-refractivity contribution in [3.63, 3.8) is 0 Å². The van der Waals surface area contributed by atoms with Gasteiger partial charge in [0.05, 0.1) is 0 Å². The zero-order valence-electron chi connectivity index (χ0n) is 10.8. The molecule has 0 amide bonds. The summed E-state index contributed by atoms with van der Waals surface area (Å²) in [5.41, 5.74) is 7.64. The van der Waals surface area contributed by atoms with Crippen LogP contribution in [0.5, 0.6) is 0 Å². The van der Waals surface area contributed by atoms with Crippen molar-refractivity contribution < 1.29 is 12.3 Å². The summed E-state index contributed by atoms with van der Waals surface area (Å²) < 4.78 is 35.1. The van der Waals surface area contributed by atoms with Gasteiger partial charge in [0.25, 0.3) is 0 Å². The van der Waals surface area contributed by atoms with Gasteiger partial charge < -0.3 is 11.1 Å². The normalized spacial score (nSPS) is 17.6. The van der Waals surface area contributed by atoms with Crippen molar-refractivity contribution in [3.05, 3.63) is 23.3 Å². The Morgan fingerprint density at radius 2 is 2.00 bits per heavy atom. The first-order valence-electron chi connectivity index (χ1n) is 6.14. The second kappa shape index (κ2) is 5.44. The number of nitrogens with two attached hydrogens (primary N) is 1. The number of nitrogens with zero attached hydrogens (tertiary/aromatic N) is 1. The largest absolute Gasteiger partial charge is 0.398 e. The smallest absolute Gasteiger partial charge is 0.332 e. The van der Waals surface area contributed by atoms with Gasteiger partial charge in [-0.2, -0.15) is 8.42 Å². The maximum atomic E-state index is 13.1. The van der Waals surface area contributed by atoms with Crippen LogP contribution in [0, 0.1) is 6.92 Å². The molecule has 1 aromatic rings. The Balaban J connectivity index is 2.30. The third-order valence-electron chi connectivity index (χ3n) is 3.41. The maximum Gasteiger partial charge on any atom is 0.332 e. The molecular formula is C12H18FN3O2S. The standard InChI is InChI=1S/C12H18FN3O2S/c1-9-10(8-16-4-2-15-3-5-16)6-11(7-12(9)14)19(13,17)18/h6-7,15H,2-5,8,14H2,1H3. The summed E-state index contributed by atoms with van der Waals surface area (Å²) in [7, 11) is -4.72. The average molecular weight is 287 g/mol. The van der Waals surface area contributed by atoms with Crippen molar-refractivity contribution in [2.45, 2.75) is 18.4 Å². The number of nitrogen functional groups attached to an aromatic ring is 1. The molecule has 0 bridgehead atoms. The Bertz CT molecular complexity index is 569. The van der Waals surface area contributed by atoms with Gasteiger partial charge in [0.1, 0.15) is 4.90 Å². The summed E-state index contributed by atoms with van der Waals surface area (Å²) in [6, 6.07) is 2.55. The lowest BCUT2D eigenvalue weighted by molar-refractivity contribution is 0.232. The fraction of sp³-hybridized carbons (Fsp3) is 0.500. The Morgan fingerprint density at radius 1 is 1.37 bits per heavy atom. The first-order chi connectivity index (χ1) is 8.88. The fourth-order valence-electron chi connectivity index (χ4n) is 2.18. The quantitative estimate of drug-likeness (QED) is 0.630. The van der Waals surface area contributed by atoms with Gasteiger partial charge in [-0.15, -0.1) is 3.89 Å². The van der Waals surface area contributed by atoms with Crippen molar-refractivity contribution >= 4 is 15.9 Å². The lowest BCUT2D eigenvalue weighted by Crippen LogP contribution is -2.43. The minimum atomic E-state index is -4.72. The van der Waals surface area contributed by atoms with E-state index in [-0.39, 0.29) is 4.90 Å². The second-order valence-electron chi connectivity index (χ2n) is 4.76. The van der Waals surface area contributed by atoms with Crippen LogP contribution in [0.3, 0.4) is 0 Å². The second-order valence-corrected chi connectivity index (χ2v) is 6.11. The number of rotatable bonds is 3. The van der Waals surface area contributed by atoms with Gasteiger partial charge in [0.15, 0.2) is 0 Å². The van der Waals surface area contributed by atoms with Crippen molar-refractivity contribution in [2.24, 2.45) is 0 Å². The first kappa shape index (κ1) is 14.2. The van der Waals surface area contributed by atoms with Crippen LogP contribution in [0.2, 0.25) is 0 Å². The molecule has 0 unspecified atom stereocenters. The van der Waals surface area contributed by atoms with Crippen molar-refractivity contribution in [1.82, 2.24) is 10.2 Å². The molecule has 0 aromatic heterocycles. The van der Waals surface area contributed by atoms with Crippen LogP contribution in [0.15, 0.2) is 17.0 Å². The van der Waals surface area contributed by atoms with E-state index in [1.165, 1.54) is 12.1 Å². The SMILES string of the molecule is Cc1c(N)cc(S(=O)(=O)F)cc1CN1CCNCC1. The summed E-state index contributed by atoms with van der Waals surface area (Å²) in [4.78, 5) is 1.83. The lowest BCUT2D eigenvalue weighted by atomic mass is 10.1. The monoisotopic (exact) mass is 287 g/mol. The predicted octanol–water partition coefficient (Wildman–Crippen LogP) is 0.641. The van der Waals surface area contributed by atoms with Gasteiger partial charge in [-0.1, -0.05) is 0 Å². The van der Waals surface area contributed by atoms with Crippen LogP contribution in [-0.2, 0) is 16.8 Å². The molecule has 0 radical (unpaired) electrons. The Hall–Kier alpha value is -1.18. The van der Waals surface area contributed by atoms with Gasteiger partial charge in [0, 0.05) is 38.4 Å². The van der Waals surface area contributed by atoms with Gasteiger partial charge in [-0.3, -0.25) is 4.90 Å². The zero-order valence-corrected chi connectivity index (χ0v) is 11.6. The highest BCUT2D eigenvalue weighted by Gasteiger charge is 2.18. The van der Waals surface area contributed by atoms with Crippen molar-refractivity contribution in [1.29, 1.82) is 0 Å². The van der Waals surface area contributed by atoms with E-state index in [0.29, 0.717) is 12.2 Å². The minimum absolute atomic E-state index is 0.309. The predicted molar refractivity (Wildman–Crippen MR) is 72.0 cm³/mol. The van der Waals surface area contributed by atoms with E-state index in [4.69, 9.17) is 5.73 Å². The molecule has 1 aliphatic rings. The topological polar surface area (TPSA) is 75.4 Å². The highest BCUT2D eigenvalue weighted by atomic mass is 32.3. The van der Waals surface area contributed by atoms with E-state index in [0.717, 1.165) is 37.3 Å². The number of anilines is 1. The zero-order chi connectivity index (χ0) is 14.0. The number of hydrogen-bond acceptors (Lipinski definition) is 5. The van der Waals surface area contributed by atoms with Gasteiger partial charge >= 0.3 is 10.2 Å². The Morgan fingerprint density at radius 3 is 2.58 bits per heavy atom. The number of hydrogen-bond donors (Lipinski definition) is 2. The summed E-state index contributed by atoms with van der Waals surface area (Å²) >= 11 is 0. The molecule has 0 spiro atoms. The molecule has 7 heteroatoms. The molecule has 5 nitrogen and oxygen atoms in total. The molecule has 1 saturated heterocycles. The van der Waals surface area contributed by atoms with Crippen molar-refractivity contribution in [3.8, 4) is 0 Å². The highest BCUT2D eigenvalue weighted by Crippen LogP contribution is 2.24. The Labute approximate surface area is 112 Å². The number of piperazine rings is 1. The number of halogens is 1. The van der Waals surface area contributed by atoms with Crippen LogP contribution in [-0.4, -0.2) is 39.5 Å². The number of benzene rings is 1. The summed E-state index contributed by atoms with van der Waals surface area (Å²) in [6.45, 7) is 5.96. The van der Waals surface area contributed by atoms with Crippen LogP contribution in [0.25, 0.3) is 0 Å². The molecule has 0 aliphatic carbocycles. The summed E-state index contributed by atoms with van der Waals surface area (Å²) in [5, 5.41) is 3.24. The van der Waals surface area contributed by atoms with E-state index in [9.17, 15) is 12.3 Å². The van der Waals surface area contributed by atoms with E-state index >= 15 is 0 Å². The van der Waals surface area contributed by atoms with Crippen LogP contribution < -0.4 is 11.1 Å². The third-order valence-corrected chi connectivity index (χ3v) is 4.21. The van der Waals surface area contributed by atoms with Crippen molar-refractivity contribution in [2.75, 3.05) is 31.9 Å². The van der Waals surface area contributed by atoms with Crippen LogP contribution in [0.4, 0.5) is 9.57 Å². The van der Waals surface area contributed by atoms with Gasteiger partial charge in [-0.05, 0) is 30.2 Å². The molecule has 1 fully saturated rings. The molecule has 1 aromatic carbocycles. The summed E-state index contributed by atoms with van der Waals surface area (Å²) in [6.07, 6.45) is 0. The first-order valence-corrected chi connectivity index (χ1v) is 7.53. The third kappa shape index (κ3) is 3.43. The van der Waals surface area contributed by atoms with Gasteiger partial charge in [0.2, 0.25) is 0 Å². The molecule has 2 rings (SSSR count). The van der Waals surface area contributed by atoms with E-state index in [1.807, 2.05) is 6.92 Å². The highest BCUT2D eigenvalue weighted by molar-refractivity contribution is 7.86. The maximum absolute atomic E-state index is 13.1. The van der Waals surface area contributed by atoms with Crippen LogP contribution >= 0.6 is 0 Å². The van der Waals surface area contributed by atoms with E-state index in [1.54, 1.807) is 0 Å². The fourth-order valence-corrected chi connectivity index (χ4v) is 2.73. The molecule has 106 valence electrons. The molecular weight excluding hydrogens is 269 g/mol. The molecule has 0 atom stereocenters. The summed E-state index contributed by atoms with van der Waals surface area (Å²) in [5.74, 6) is 0. The lowest BCUT2D eigenvalue weighted by Gasteiger charge is -2.28. The number of nitrogens with one attached hydrogen (secondary N) is 1. The van der Waals surface area contributed by atoms with Gasteiger partial charge in [-0.25, -0.2) is 0 Å². The molecule has 1 heterocycles. The molecule has 0 saturated carbocycles. The van der Waals surface area contributed by atoms with E-state index < -0.39 is 10.2 Å².